The van der Waals surface area contributed by atoms with E-state index in [1.54, 1.807) is 24.3 Å². The van der Waals surface area contributed by atoms with Crippen LogP contribution in [0.3, 0.4) is 0 Å². The number of benzene rings is 2. The Morgan fingerprint density at radius 1 is 1.03 bits per heavy atom. The zero-order valence-electron chi connectivity index (χ0n) is 20.1. The summed E-state index contributed by atoms with van der Waals surface area (Å²) in [4.78, 5) is 37.9. The smallest absolute Gasteiger partial charge is 0.255 e. The molecule has 0 heterocycles. The zero-order valence-corrected chi connectivity index (χ0v) is 20.1. The number of fused-ring (bicyclic) bond motifs is 3. The number of methoxy groups -OCH3 is 2. The van der Waals surface area contributed by atoms with E-state index in [0.717, 1.165) is 0 Å². The van der Waals surface area contributed by atoms with Crippen LogP contribution in [-0.4, -0.2) is 57.7 Å². The Morgan fingerprint density at radius 3 is 2.41 bits per heavy atom. The second kappa shape index (κ2) is 8.38. The van der Waals surface area contributed by atoms with Gasteiger partial charge in [0.25, 0.3) is 5.91 Å². The van der Waals surface area contributed by atoms with Crippen molar-refractivity contribution in [3.8, 4) is 28.4 Å². The van der Waals surface area contributed by atoms with Crippen molar-refractivity contribution in [2.75, 3.05) is 14.2 Å². The number of phenols is 1. The number of carbonyl (C=O) groups is 3. The molecule has 1 amide bonds. The van der Waals surface area contributed by atoms with Crippen LogP contribution in [0.1, 0.15) is 24.0 Å². The summed E-state index contributed by atoms with van der Waals surface area (Å²) in [7, 11) is 3.03. The van der Waals surface area contributed by atoms with E-state index < -0.39 is 52.0 Å². The van der Waals surface area contributed by atoms with Crippen LogP contribution in [-0.2, 0) is 20.8 Å². The minimum absolute atomic E-state index is 0.00880. The summed E-state index contributed by atoms with van der Waals surface area (Å²) < 4.78 is 10.9. The van der Waals surface area contributed by atoms with Gasteiger partial charge < -0.3 is 35.6 Å². The van der Waals surface area contributed by atoms with Crippen molar-refractivity contribution < 1.29 is 44.3 Å². The Labute approximate surface area is 211 Å². The molecular formula is C27H25NO9. The molecule has 0 bridgehead atoms. The van der Waals surface area contributed by atoms with Crippen LogP contribution in [0, 0.1) is 11.8 Å². The molecule has 5 rings (SSSR count). The molecule has 3 aliphatic carbocycles. The van der Waals surface area contributed by atoms with Gasteiger partial charge in [-0.2, -0.15) is 0 Å². The fraction of sp³-hybridized carbons (Fsp3) is 0.296. The van der Waals surface area contributed by atoms with Crippen LogP contribution in [0.15, 0.2) is 47.2 Å². The second-order valence-electron chi connectivity index (χ2n) is 9.46. The number of rotatable bonds is 4. The number of Topliss-reactive ketones (excluding diaryl/α,β-unsaturated/α-hetero) is 2. The number of hydrogen-bond acceptors (Lipinski definition) is 9. The van der Waals surface area contributed by atoms with Gasteiger partial charge in [-0.05, 0) is 54.2 Å². The summed E-state index contributed by atoms with van der Waals surface area (Å²) in [6, 6.07) is 8.24. The highest BCUT2D eigenvalue weighted by Gasteiger charge is 2.60. The van der Waals surface area contributed by atoms with Gasteiger partial charge in [-0.25, -0.2) is 0 Å². The maximum atomic E-state index is 13.6. The number of hydrogen-bond donors (Lipinski definition) is 5. The molecule has 0 aromatic heterocycles. The summed E-state index contributed by atoms with van der Waals surface area (Å²) in [5.74, 6) is -5.60. The van der Waals surface area contributed by atoms with Crippen LogP contribution in [0.25, 0.3) is 16.9 Å². The van der Waals surface area contributed by atoms with Crippen molar-refractivity contribution in [1.82, 2.24) is 0 Å². The molecule has 0 saturated heterocycles. The molecule has 1 fully saturated rings. The van der Waals surface area contributed by atoms with Crippen LogP contribution in [0.2, 0.25) is 0 Å². The van der Waals surface area contributed by atoms with Gasteiger partial charge in [0.05, 0.1) is 19.8 Å². The predicted molar refractivity (Wildman–Crippen MR) is 130 cm³/mol. The lowest BCUT2D eigenvalue weighted by Gasteiger charge is -2.46. The fourth-order valence-electron chi connectivity index (χ4n) is 5.90. The molecule has 2 aromatic rings. The van der Waals surface area contributed by atoms with E-state index in [4.69, 9.17) is 15.2 Å². The summed E-state index contributed by atoms with van der Waals surface area (Å²) in [5.41, 5.74) is 3.41. The Bertz CT molecular complexity index is 1450. The molecule has 6 N–H and O–H groups in total. The van der Waals surface area contributed by atoms with Gasteiger partial charge in [-0.1, -0.05) is 6.07 Å². The number of aliphatic hydroxyl groups excluding tert-OH is 2. The minimum atomic E-state index is -2.60. The average Bonchev–Trinajstić information content (AvgIpc) is 2.85. The van der Waals surface area contributed by atoms with Crippen LogP contribution >= 0.6 is 0 Å². The minimum Gasteiger partial charge on any atom is -0.508 e. The molecule has 1 saturated carbocycles. The maximum Gasteiger partial charge on any atom is 0.255 e. The lowest BCUT2D eigenvalue weighted by molar-refractivity contribution is -0.147. The van der Waals surface area contributed by atoms with Gasteiger partial charge in [-0.15, -0.1) is 0 Å². The van der Waals surface area contributed by atoms with E-state index in [2.05, 4.69) is 0 Å². The monoisotopic (exact) mass is 507 g/mol. The highest BCUT2D eigenvalue weighted by Crippen LogP contribution is 2.53. The molecule has 2 aromatic carbocycles. The lowest BCUT2D eigenvalue weighted by Crippen LogP contribution is -2.58. The van der Waals surface area contributed by atoms with Gasteiger partial charge in [0.15, 0.2) is 11.4 Å². The van der Waals surface area contributed by atoms with Gasteiger partial charge in [0.2, 0.25) is 5.78 Å². The predicted octanol–water partition coefficient (Wildman–Crippen LogP) is 2.11. The topological polar surface area (TPSA) is 177 Å². The molecule has 10 nitrogen and oxygen atoms in total. The first-order valence-electron chi connectivity index (χ1n) is 11.6. The molecule has 0 spiro atoms. The Hall–Kier alpha value is -4.31. The number of aromatic hydroxyl groups is 1. The van der Waals surface area contributed by atoms with Crippen molar-refractivity contribution in [3.63, 3.8) is 0 Å². The van der Waals surface area contributed by atoms with Crippen molar-refractivity contribution in [1.29, 1.82) is 0 Å². The van der Waals surface area contributed by atoms with Gasteiger partial charge in [-0.3, -0.25) is 14.4 Å². The Morgan fingerprint density at radius 2 is 1.76 bits per heavy atom. The van der Waals surface area contributed by atoms with Crippen LogP contribution in [0.5, 0.6) is 17.2 Å². The highest BCUT2D eigenvalue weighted by atomic mass is 16.5. The highest BCUT2D eigenvalue weighted by molar-refractivity contribution is 6.22. The summed E-state index contributed by atoms with van der Waals surface area (Å²) in [6.07, 6.45) is -0.148. The second-order valence-corrected chi connectivity index (χ2v) is 9.46. The van der Waals surface area contributed by atoms with Crippen LogP contribution < -0.4 is 15.2 Å². The summed E-state index contributed by atoms with van der Waals surface area (Å²) in [6.45, 7) is 0. The van der Waals surface area contributed by atoms with Gasteiger partial charge in [0.1, 0.15) is 34.3 Å². The van der Waals surface area contributed by atoms with Gasteiger partial charge >= 0.3 is 0 Å². The molecule has 3 aliphatic rings. The third-order valence-electron chi connectivity index (χ3n) is 7.64. The third-order valence-corrected chi connectivity index (χ3v) is 7.64. The van der Waals surface area contributed by atoms with E-state index in [0.29, 0.717) is 28.2 Å². The number of aliphatic hydroxyl groups is 3. The fourth-order valence-corrected chi connectivity index (χ4v) is 5.90. The number of primary amides is 1. The Balaban J connectivity index is 1.72. The molecular weight excluding hydrogens is 482 g/mol. The SMILES string of the molecule is COc1ccc(OC)c(-c2ccc(O)c3c2C[C@H]2C[C@H]4CC(=O)C(C(N)=O)=C(O)[C@@]4(O)C(=O)C2=C3O)c1. The number of nitrogens with two attached hydrogens (primary N) is 1. The lowest BCUT2D eigenvalue weighted by atomic mass is 9.59. The van der Waals surface area contributed by atoms with E-state index in [9.17, 15) is 34.8 Å². The molecule has 10 heteroatoms. The van der Waals surface area contributed by atoms with Crippen molar-refractivity contribution in [3.05, 3.63) is 58.4 Å². The standard InChI is InChI=1S/C27H25NO9/c1-36-13-3-6-19(37-2)15(10-13)14-4-5-17(29)21-16(14)8-11-7-12-9-18(30)22(26(28)34)25(33)27(12,35)24(32)20(11)23(21)31/h3-6,10-12,29,31,33,35H,7-9H2,1-2H3,(H2,28,34)/t11-,12+,27+/m1/s1. The van der Waals surface area contributed by atoms with E-state index in [1.807, 2.05) is 0 Å². The first-order valence-corrected chi connectivity index (χ1v) is 11.6. The number of carbonyl (C=O) groups excluding carboxylic acids is 3. The Kier molecular flexibility index (Phi) is 5.52. The number of ether oxygens (including phenoxy) is 2. The van der Waals surface area contributed by atoms with Crippen molar-refractivity contribution in [2.24, 2.45) is 17.6 Å². The maximum absolute atomic E-state index is 13.6. The van der Waals surface area contributed by atoms with Crippen LogP contribution in [0.4, 0.5) is 0 Å². The molecule has 192 valence electrons. The van der Waals surface area contributed by atoms with E-state index in [1.165, 1.54) is 20.3 Å². The molecule has 3 atom stereocenters. The largest absolute Gasteiger partial charge is 0.508 e. The third kappa shape index (κ3) is 3.32. The summed E-state index contributed by atoms with van der Waals surface area (Å²) >= 11 is 0. The van der Waals surface area contributed by atoms with E-state index in [-0.39, 0.29) is 36.1 Å². The molecule has 0 unspecified atom stereocenters. The van der Waals surface area contributed by atoms with Crippen molar-refractivity contribution in [2.45, 2.75) is 24.9 Å². The summed E-state index contributed by atoms with van der Waals surface area (Å²) in [5, 5.41) is 44.0. The first-order chi connectivity index (χ1) is 17.5. The zero-order chi connectivity index (χ0) is 26.8. The molecule has 37 heavy (non-hydrogen) atoms. The molecule has 0 aliphatic heterocycles. The van der Waals surface area contributed by atoms with Gasteiger partial charge in [0, 0.05) is 23.5 Å². The first kappa shape index (κ1) is 24.4. The number of phenolic OH excluding ortho intramolecular Hbond substituents is 1. The van der Waals surface area contributed by atoms with E-state index >= 15 is 0 Å². The number of ketones is 2. The average molecular weight is 507 g/mol. The normalized spacial score (nSPS) is 24.8. The molecule has 0 radical (unpaired) electrons. The quantitative estimate of drug-likeness (QED) is 0.388. The van der Waals surface area contributed by atoms with Crippen molar-refractivity contribution >= 4 is 23.2 Å². The number of amides is 1.